The largest absolute Gasteiger partial charge is 0.386 e. The third kappa shape index (κ3) is 4.15. The van der Waals surface area contributed by atoms with E-state index in [1.807, 2.05) is 0 Å². The molecule has 0 radical (unpaired) electrons. The van der Waals surface area contributed by atoms with Crippen LogP contribution in [0.15, 0.2) is 18.3 Å². The highest BCUT2D eigenvalue weighted by Gasteiger charge is 2.13. The van der Waals surface area contributed by atoms with E-state index < -0.39 is 4.92 Å². The summed E-state index contributed by atoms with van der Waals surface area (Å²) in [6.07, 6.45) is 2.40. The Labute approximate surface area is 112 Å². The molecule has 2 rings (SSSR count). The second-order valence-electron chi connectivity index (χ2n) is 4.50. The van der Waals surface area contributed by atoms with Crippen LogP contribution < -0.4 is 10.6 Å². The summed E-state index contributed by atoms with van der Waals surface area (Å²) in [6.45, 7) is 5.97. The Balaban J connectivity index is 1.74. The SMILES string of the molecule is O=[N+]([O-])c1ncccc1NCCCN1CCNCC1. The van der Waals surface area contributed by atoms with Gasteiger partial charge in [0.25, 0.3) is 0 Å². The first-order valence-electron chi connectivity index (χ1n) is 6.54. The summed E-state index contributed by atoms with van der Waals surface area (Å²) in [5.41, 5.74) is 0.493. The van der Waals surface area contributed by atoms with Crippen LogP contribution >= 0.6 is 0 Å². The predicted octanol–water partition coefficient (Wildman–Crippen LogP) is 0.697. The fourth-order valence-electron chi connectivity index (χ4n) is 2.14. The first kappa shape index (κ1) is 13.7. The van der Waals surface area contributed by atoms with Gasteiger partial charge in [0.15, 0.2) is 0 Å². The average molecular weight is 265 g/mol. The zero-order chi connectivity index (χ0) is 13.5. The lowest BCUT2D eigenvalue weighted by Gasteiger charge is -2.27. The summed E-state index contributed by atoms with van der Waals surface area (Å²) >= 11 is 0. The zero-order valence-corrected chi connectivity index (χ0v) is 10.8. The van der Waals surface area contributed by atoms with E-state index in [2.05, 4.69) is 20.5 Å². The standard InChI is InChI=1S/C12H19N5O2/c18-17(19)12-11(3-1-4-15-12)14-5-2-8-16-9-6-13-7-10-16/h1,3-4,13-14H,2,5-10H2. The molecular formula is C12H19N5O2. The summed E-state index contributed by atoms with van der Waals surface area (Å²) in [6, 6.07) is 3.39. The van der Waals surface area contributed by atoms with Gasteiger partial charge >= 0.3 is 5.82 Å². The quantitative estimate of drug-likeness (QED) is 0.447. The fraction of sp³-hybridized carbons (Fsp3) is 0.583. The number of piperazine rings is 1. The molecule has 2 N–H and O–H groups in total. The van der Waals surface area contributed by atoms with Gasteiger partial charge in [-0.05, 0) is 35.0 Å². The van der Waals surface area contributed by atoms with Crippen LogP contribution in [-0.4, -0.2) is 54.1 Å². The van der Waals surface area contributed by atoms with Crippen molar-refractivity contribution in [1.82, 2.24) is 15.2 Å². The molecule has 1 aliphatic rings. The second-order valence-corrected chi connectivity index (χ2v) is 4.50. The number of hydrogen-bond donors (Lipinski definition) is 2. The van der Waals surface area contributed by atoms with Crippen molar-refractivity contribution in [3.63, 3.8) is 0 Å². The van der Waals surface area contributed by atoms with Crippen molar-refractivity contribution in [2.75, 3.05) is 44.6 Å². The number of nitrogens with zero attached hydrogens (tertiary/aromatic N) is 3. The number of anilines is 1. The van der Waals surface area contributed by atoms with Crippen molar-refractivity contribution in [3.05, 3.63) is 28.4 Å². The number of pyridine rings is 1. The van der Waals surface area contributed by atoms with Gasteiger partial charge in [0.1, 0.15) is 11.9 Å². The Morgan fingerprint density at radius 2 is 2.26 bits per heavy atom. The summed E-state index contributed by atoms with van der Waals surface area (Å²) in [7, 11) is 0. The van der Waals surface area contributed by atoms with Crippen LogP contribution in [-0.2, 0) is 0 Å². The maximum atomic E-state index is 10.8. The zero-order valence-electron chi connectivity index (χ0n) is 10.8. The maximum absolute atomic E-state index is 10.8. The first-order chi connectivity index (χ1) is 9.27. The van der Waals surface area contributed by atoms with E-state index in [1.165, 1.54) is 6.20 Å². The van der Waals surface area contributed by atoms with E-state index >= 15 is 0 Å². The number of aromatic nitrogens is 1. The van der Waals surface area contributed by atoms with Crippen LogP contribution in [0.5, 0.6) is 0 Å². The van der Waals surface area contributed by atoms with Gasteiger partial charge in [-0.15, -0.1) is 0 Å². The third-order valence-corrected chi connectivity index (χ3v) is 3.14. The monoisotopic (exact) mass is 265 g/mol. The molecule has 104 valence electrons. The number of nitro groups is 1. The first-order valence-corrected chi connectivity index (χ1v) is 6.54. The molecule has 0 amide bonds. The molecule has 7 heteroatoms. The van der Waals surface area contributed by atoms with Gasteiger partial charge in [-0.2, -0.15) is 0 Å². The Hall–Kier alpha value is -1.73. The van der Waals surface area contributed by atoms with Crippen molar-refractivity contribution < 1.29 is 4.92 Å². The van der Waals surface area contributed by atoms with E-state index in [0.717, 1.165) is 45.7 Å². The van der Waals surface area contributed by atoms with Crippen molar-refractivity contribution in [1.29, 1.82) is 0 Å². The Morgan fingerprint density at radius 1 is 1.47 bits per heavy atom. The lowest BCUT2D eigenvalue weighted by molar-refractivity contribution is -0.388. The maximum Gasteiger partial charge on any atom is 0.386 e. The molecule has 1 aromatic heterocycles. The topological polar surface area (TPSA) is 83.3 Å². The van der Waals surface area contributed by atoms with Crippen molar-refractivity contribution in [3.8, 4) is 0 Å². The Morgan fingerprint density at radius 3 is 3.00 bits per heavy atom. The molecule has 0 atom stereocenters. The Kier molecular flexibility index (Phi) is 5.05. The molecule has 0 bridgehead atoms. The van der Waals surface area contributed by atoms with Crippen LogP contribution in [0.25, 0.3) is 0 Å². The average Bonchev–Trinajstić information content (AvgIpc) is 2.45. The second kappa shape index (κ2) is 7.01. The van der Waals surface area contributed by atoms with Crippen LogP contribution in [0.1, 0.15) is 6.42 Å². The number of nitrogens with one attached hydrogen (secondary N) is 2. The molecule has 1 saturated heterocycles. The number of rotatable bonds is 6. The van der Waals surface area contributed by atoms with Gasteiger partial charge in [0.05, 0.1) is 0 Å². The van der Waals surface area contributed by atoms with Crippen LogP contribution in [0.3, 0.4) is 0 Å². The summed E-state index contributed by atoms with van der Waals surface area (Å²) < 4.78 is 0. The minimum absolute atomic E-state index is 0.107. The molecule has 1 fully saturated rings. The smallest absolute Gasteiger partial charge is 0.378 e. The molecule has 19 heavy (non-hydrogen) atoms. The molecule has 7 nitrogen and oxygen atoms in total. The Bertz CT molecular complexity index is 420. The van der Waals surface area contributed by atoms with Gasteiger partial charge in [-0.25, -0.2) is 0 Å². The third-order valence-electron chi connectivity index (χ3n) is 3.14. The highest BCUT2D eigenvalue weighted by Crippen LogP contribution is 2.19. The molecule has 1 aliphatic heterocycles. The van der Waals surface area contributed by atoms with Crippen molar-refractivity contribution in [2.24, 2.45) is 0 Å². The predicted molar refractivity (Wildman–Crippen MR) is 73.3 cm³/mol. The molecule has 2 heterocycles. The van der Waals surface area contributed by atoms with E-state index in [9.17, 15) is 10.1 Å². The summed E-state index contributed by atoms with van der Waals surface area (Å²) in [4.78, 5) is 16.5. The molecule has 0 saturated carbocycles. The lowest BCUT2D eigenvalue weighted by atomic mass is 10.3. The van der Waals surface area contributed by atoms with Crippen molar-refractivity contribution in [2.45, 2.75) is 6.42 Å². The minimum Gasteiger partial charge on any atom is -0.378 e. The molecule has 1 aromatic rings. The van der Waals surface area contributed by atoms with E-state index in [1.54, 1.807) is 12.1 Å². The summed E-state index contributed by atoms with van der Waals surface area (Å²) in [5, 5.41) is 17.2. The highest BCUT2D eigenvalue weighted by atomic mass is 16.6. The molecular weight excluding hydrogens is 246 g/mol. The van der Waals surface area contributed by atoms with Gasteiger partial charge < -0.3 is 25.6 Å². The van der Waals surface area contributed by atoms with Crippen LogP contribution in [0, 0.1) is 10.1 Å². The van der Waals surface area contributed by atoms with Gasteiger partial charge in [-0.3, -0.25) is 0 Å². The summed E-state index contributed by atoms with van der Waals surface area (Å²) in [5.74, 6) is -0.107. The molecule has 0 unspecified atom stereocenters. The molecule has 0 aliphatic carbocycles. The fourth-order valence-corrected chi connectivity index (χ4v) is 2.14. The van der Waals surface area contributed by atoms with E-state index in [0.29, 0.717) is 5.69 Å². The van der Waals surface area contributed by atoms with E-state index in [4.69, 9.17) is 0 Å². The molecule has 0 spiro atoms. The highest BCUT2D eigenvalue weighted by molar-refractivity contribution is 5.56. The normalized spacial score (nSPS) is 16.2. The lowest BCUT2D eigenvalue weighted by Crippen LogP contribution is -2.44. The van der Waals surface area contributed by atoms with Gasteiger partial charge in [0, 0.05) is 32.7 Å². The van der Waals surface area contributed by atoms with Crippen LogP contribution in [0.2, 0.25) is 0 Å². The van der Waals surface area contributed by atoms with E-state index in [-0.39, 0.29) is 5.82 Å². The van der Waals surface area contributed by atoms with Gasteiger partial charge in [-0.1, -0.05) is 0 Å². The minimum atomic E-state index is -0.460. The molecule has 0 aromatic carbocycles. The number of hydrogen-bond acceptors (Lipinski definition) is 6. The van der Waals surface area contributed by atoms with Gasteiger partial charge in [0.2, 0.25) is 0 Å². The van der Waals surface area contributed by atoms with Crippen molar-refractivity contribution >= 4 is 11.5 Å². The van der Waals surface area contributed by atoms with Crippen LogP contribution in [0.4, 0.5) is 11.5 Å².